The van der Waals surface area contributed by atoms with E-state index < -0.39 is 23.3 Å². The van der Waals surface area contributed by atoms with E-state index in [9.17, 15) is 18.7 Å². The number of methoxy groups -OCH3 is 1. The van der Waals surface area contributed by atoms with Gasteiger partial charge >= 0.3 is 0 Å². The van der Waals surface area contributed by atoms with Gasteiger partial charge in [0, 0.05) is 29.9 Å². The maximum atomic E-state index is 13.9. The van der Waals surface area contributed by atoms with Gasteiger partial charge in [0.25, 0.3) is 5.91 Å². The zero-order valence-corrected chi connectivity index (χ0v) is 14.3. The highest BCUT2D eigenvalue weighted by atomic mass is 19.1. The Morgan fingerprint density at radius 2 is 2.04 bits per heavy atom. The lowest BCUT2D eigenvalue weighted by atomic mass is 9.76. The van der Waals surface area contributed by atoms with Crippen LogP contribution >= 0.6 is 0 Å². The van der Waals surface area contributed by atoms with Crippen LogP contribution in [0.4, 0.5) is 8.78 Å². The van der Waals surface area contributed by atoms with Gasteiger partial charge in [-0.2, -0.15) is 0 Å². The first-order valence-corrected chi connectivity index (χ1v) is 8.39. The molecular formula is C19H20F2N2O3. The number of pyridine rings is 1. The zero-order chi connectivity index (χ0) is 18.7. The monoisotopic (exact) mass is 362 g/mol. The first-order valence-electron chi connectivity index (χ1n) is 8.39. The number of aliphatic hydroxyl groups excluding tert-OH is 1. The molecule has 7 heteroatoms. The van der Waals surface area contributed by atoms with Gasteiger partial charge in [-0.15, -0.1) is 0 Å². The van der Waals surface area contributed by atoms with Gasteiger partial charge < -0.3 is 15.2 Å². The number of nitrogens with zero attached hydrogens (tertiary/aromatic N) is 1. The molecule has 1 aromatic heterocycles. The molecule has 1 heterocycles. The van der Waals surface area contributed by atoms with E-state index in [2.05, 4.69) is 15.0 Å². The third kappa shape index (κ3) is 3.99. The first kappa shape index (κ1) is 18.3. The van der Waals surface area contributed by atoms with Crippen LogP contribution in [-0.2, 0) is 6.42 Å². The van der Waals surface area contributed by atoms with Crippen molar-refractivity contribution in [3.05, 3.63) is 59.4 Å². The summed E-state index contributed by atoms with van der Waals surface area (Å²) in [5.41, 5.74) is 0.679. The van der Waals surface area contributed by atoms with Crippen LogP contribution in [0, 0.1) is 17.6 Å². The van der Waals surface area contributed by atoms with Crippen molar-refractivity contribution in [1.29, 1.82) is 0 Å². The van der Waals surface area contributed by atoms with E-state index in [4.69, 9.17) is 0 Å². The Hall–Kier alpha value is -2.54. The van der Waals surface area contributed by atoms with Crippen LogP contribution in [0.5, 0.6) is 5.75 Å². The summed E-state index contributed by atoms with van der Waals surface area (Å²) in [6.07, 6.45) is 2.91. The van der Waals surface area contributed by atoms with Gasteiger partial charge in [0.05, 0.1) is 13.2 Å². The second-order valence-electron chi connectivity index (χ2n) is 6.46. The molecule has 1 aliphatic carbocycles. The maximum absolute atomic E-state index is 13.9. The van der Waals surface area contributed by atoms with Gasteiger partial charge in [0.15, 0.2) is 17.4 Å². The van der Waals surface area contributed by atoms with Gasteiger partial charge in [-0.3, -0.25) is 9.78 Å². The molecule has 1 amide bonds. The second-order valence-corrected chi connectivity index (χ2v) is 6.46. The highest BCUT2D eigenvalue weighted by molar-refractivity contribution is 5.94. The maximum Gasteiger partial charge on any atom is 0.251 e. The Kier molecular flexibility index (Phi) is 5.46. The summed E-state index contributed by atoms with van der Waals surface area (Å²) in [7, 11) is 1.16. The largest absolute Gasteiger partial charge is 0.491 e. The minimum Gasteiger partial charge on any atom is -0.491 e. The molecule has 1 fully saturated rings. The van der Waals surface area contributed by atoms with Gasteiger partial charge in [0.1, 0.15) is 0 Å². The summed E-state index contributed by atoms with van der Waals surface area (Å²) in [6, 6.07) is 7.11. The molecule has 1 saturated carbocycles. The molecule has 26 heavy (non-hydrogen) atoms. The number of aromatic nitrogens is 1. The van der Waals surface area contributed by atoms with Gasteiger partial charge in [-0.1, -0.05) is 6.07 Å². The molecule has 0 spiro atoms. The number of carbonyl (C=O) groups is 1. The Morgan fingerprint density at radius 3 is 2.58 bits per heavy atom. The van der Waals surface area contributed by atoms with Crippen molar-refractivity contribution in [2.45, 2.75) is 31.4 Å². The Balaban J connectivity index is 1.77. The summed E-state index contributed by atoms with van der Waals surface area (Å²) >= 11 is 0. The normalized spacial score (nSPS) is 20.2. The molecule has 0 radical (unpaired) electrons. The van der Waals surface area contributed by atoms with Crippen LogP contribution < -0.4 is 10.1 Å². The number of rotatable bonds is 6. The molecule has 2 aromatic rings. The lowest BCUT2D eigenvalue weighted by Crippen LogP contribution is -2.48. The molecular weight excluding hydrogens is 342 g/mol. The molecule has 2 N–H and O–H groups in total. The molecule has 138 valence electrons. The molecule has 0 saturated heterocycles. The summed E-state index contributed by atoms with van der Waals surface area (Å²) in [4.78, 5) is 16.8. The van der Waals surface area contributed by atoms with Crippen LogP contribution in [-0.4, -0.2) is 35.3 Å². The minimum absolute atomic E-state index is 0.0869. The number of halogens is 2. The summed E-state index contributed by atoms with van der Waals surface area (Å²) < 4.78 is 32.3. The number of nitrogens with one attached hydrogen (secondary N) is 1. The van der Waals surface area contributed by atoms with E-state index >= 15 is 0 Å². The predicted octanol–water partition coefficient (Wildman–Crippen LogP) is 2.48. The zero-order valence-electron chi connectivity index (χ0n) is 14.3. The third-order valence-electron chi connectivity index (χ3n) is 4.65. The SMILES string of the molecule is COc1c(F)cc(C(=O)NC(Cc2ccccn2)C2CC(O)C2)cc1F. The van der Waals surface area contributed by atoms with E-state index in [-0.39, 0.29) is 23.6 Å². The molecule has 0 bridgehead atoms. The Bertz CT molecular complexity index is 757. The lowest BCUT2D eigenvalue weighted by Gasteiger charge is -2.38. The van der Waals surface area contributed by atoms with Gasteiger partial charge in [0.2, 0.25) is 0 Å². The summed E-state index contributed by atoms with van der Waals surface area (Å²) in [5, 5.41) is 12.4. The van der Waals surface area contributed by atoms with Crippen LogP contribution in [0.1, 0.15) is 28.9 Å². The number of hydrogen-bond acceptors (Lipinski definition) is 4. The second kappa shape index (κ2) is 7.78. The van der Waals surface area contributed by atoms with E-state index in [1.807, 2.05) is 12.1 Å². The van der Waals surface area contributed by atoms with Gasteiger partial charge in [-0.25, -0.2) is 8.78 Å². The van der Waals surface area contributed by atoms with E-state index in [1.54, 1.807) is 12.3 Å². The van der Waals surface area contributed by atoms with Crippen molar-refractivity contribution in [3.63, 3.8) is 0 Å². The average Bonchev–Trinajstić information content (AvgIpc) is 2.59. The highest BCUT2D eigenvalue weighted by Crippen LogP contribution is 2.32. The van der Waals surface area contributed by atoms with Crippen molar-refractivity contribution >= 4 is 5.91 Å². The average molecular weight is 362 g/mol. The number of benzene rings is 1. The van der Waals surface area contributed by atoms with Crippen molar-refractivity contribution < 1.29 is 23.4 Å². The molecule has 3 rings (SSSR count). The topological polar surface area (TPSA) is 71.5 Å². The number of ether oxygens (including phenoxy) is 1. The van der Waals surface area contributed by atoms with Crippen LogP contribution in [0.2, 0.25) is 0 Å². The van der Waals surface area contributed by atoms with Gasteiger partial charge in [-0.05, 0) is 43.0 Å². The fourth-order valence-electron chi connectivity index (χ4n) is 3.18. The third-order valence-corrected chi connectivity index (χ3v) is 4.65. The molecule has 1 aliphatic rings. The lowest BCUT2D eigenvalue weighted by molar-refractivity contribution is 0.0237. The first-order chi connectivity index (χ1) is 12.5. The smallest absolute Gasteiger partial charge is 0.251 e. The predicted molar refractivity (Wildman–Crippen MR) is 90.8 cm³/mol. The van der Waals surface area contributed by atoms with Crippen molar-refractivity contribution in [1.82, 2.24) is 10.3 Å². The Labute approximate surface area is 150 Å². The fourth-order valence-corrected chi connectivity index (χ4v) is 3.18. The standard InChI is InChI=1S/C19H20F2N2O3/c1-26-18-15(20)8-12(9-16(18)21)19(25)23-17(11-6-14(24)7-11)10-13-4-2-3-5-22-13/h2-5,8-9,11,14,17,24H,6-7,10H2,1H3,(H,23,25). The number of aliphatic hydroxyl groups is 1. The fraction of sp³-hybridized carbons (Fsp3) is 0.368. The number of amides is 1. The summed E-state index contributed by atoms with van der Waals surface area (Å²) in [6.45, 7) is 0. The van der Waals surface area contributed by atoms with Crippen molar-refractivity contribution in [2.75, 3.05) is 7.11 Å². The highest BCUT2D eigenvalue weighted by Gasteiger charge is 2.35. The molecule has 1 aromatic carbocycles. The number of carbonyl (C=O) groups excluding carboxylic acids is 1. The number of hydrogen-bond donors (Lipinski definition) is 2. The van der Waals surface area contributed by atoms with Crippen molar-refractivity contribution in [3.8, 4) is 5.75 Å². The van der Waals surface area contributed by atoms with E-state index in [1.165, 1.54) is 0 Å². The molecule has 0 aliphatic heterocycles. The van der Waals surface area contributed by atoms with Crippen molar-refractivity contribution in [2.24, 2.45) is 5.92 Å². The molecule has 1 atom stereocenters. The Morgan fingerprint density at radius 1 is 1.35 bits per heavy atom. The van der Waals surface area contributed by atoms with Crippen LogP contribution in [0.25, 0.3) is 0 Å². The summed E-state index contributed by atoms with van der Waals surface area (Å²) in [5.74, 6) is -2.87. The van der Waals surface area contributed by atoms with Crippen LogP contribution in [0.3, 0.4) is 0 Å². The molecule has 1 unspecified atom stereocenters. The quantitative estimate of drug-likeness (QED) is 0.828. The van der Waals surface area contributed by atoms with Crippen LogP contribution in [0.15, 0.2) is 36.5 Å². The minimum atomic E-state index is -0.932. The van der Waals surface area contributed by atoms with E-state index in [0.717, 1.165) is 24.9 Å². The molecule has 5 nitrogen and oxygen atoms in total. The van der Waals surface area contributed by atoms with E-state index in [0.29, 0.717) is 19.3 Å².